The van der Waals surface area contributed by atoms with Crippen LogP contribution in [0, 0.1) is 0 Å². The third kappa shape index (κ3) is 2.32. The Kier molecular flexibility index (Phi) is 3.29. The van der Waals surface area contributed by atoms with Crippen LogP contribution in [0.5, 0.6) is 0 Å². The van der Waals surface area contributed by atoms with E-state index in [4.69, 9.17) is 5.11 Å². The van der Waals surface area contributed by atoms with E-state index in [9.17, 15) is 8.42 Å². The van der Waals surface area contributed by atoms with Gasteiger partial charge in [0.15, 0.2) is 9.84 Å². The molecule has 12 heavy (non-hydrogen) atoms. The molecule has 1 unspecified atom stereocenters. The first-order valence-corrected chi connectivity index (χ1v) is 5.87. The molecule has 3 nitrogen and oxygen atoms in total. The molecule has 0 radical (unpaired) electrons. The van der Waals surface area contributed by atoms with Crippen LogP contribution in [0.25, 0.3) is 0 Å². The first-order valence-electron chi connectivity index (χ1n) is 4.16. The van der Waals surface area contributed by atoms with E-state index in [1.165, 1.54) is 6.08 Å². The van der Waals surface area contributed by atoms with Crippen LogP contribution >= 0.6 is 0 Å². The van der Waals surface area contributed by atoms with Crippen LogP contribution < -0.4 is 0 Å². The highest BCUT2D eigenvalue weighted by Gasteiger charge is 2.25. The summed E-state index contributed by atoms with van der Waals surface area (Å²) in [5.74, 6) is 0.299. The zero-order valence-electron chi connectivity index (χ0n) is 6.94. The fourth-order valence-electron chi connectivity index (χ4n) is 1.41. The summed E-state index contributed by atoms with van der Waals surface area (Å²) in [5, 5.41) is 8.14. The molecule has 1 saturated heterocycles. The van der Waals surface area contributed by atoms with Crippen LogP contribution in [0.3, 0.4) is 0 Å². The lowest BCUT2D eigenvalue weighted by Gasteiger charge is -2.18. The second-order valence-corrected chi connectivity index (χ2v) is 5.35. The second-order valence-electron chi connectivity index (χ2n) is 3.01. The van der Waals surface area contributed by atoms with Crippen molar-refractivity contribution in [1.82, 2.24) is 0 Å². The predicted molar refractivity (Wildman–Crippen MR) is 47.7 cm³/mol. The molecule has 1 fully saturated rings. The summed E-state index contributed by atoms with van der Waals surface area (Å²) in [5.41, 5.74) is 0. The summed E-state index contributed by atoms with van der Waals surface area (Å²) in [7, 11) is -2.89. The van der Waals surface area contributed by atoms with Crippen LogP contribution in [-0.2, 0) is 9.84 Å². The summed E-state index contributed by atoms with van der Waals surface area (Å²) in [6.07, 6.45) is 5.58. The molecular formula is C8H14O3S. The van der Waals surface area contributed by atoms with Gasteiger partial charge in [0.05, 0.1) is 17.6 Å². The summed E-state index contributed by atoms with van der Waals surface area (Å²) >= 11 is 0. The van der Waals surface area contributed by atoms with Crippen LogP contribution in [0.15, 0.2) is 12.2 Å². The Labute approximate surface area is 73.0 Å². The maximum atomic E-state index is 11.4. The monoisotopic (exact) mass is 190 g/mol. The van der Waals surface area contributed by atoms with Gasteiger partial charge in [-0.2, -0.15) is 0 Å². The molecule has 0 bridgehead atoms. The van der Waals surface area contributed by atoms with Crippen LogP contribution in [0.2, 0.25) is 0 Å². The van der Waals surface area contributed by atoms with Crippen molar-refractivity contribution in [3.63, 3.8) is 0 Å². The highest BCUT2D eigenvalue weighted by Crippen LogP contribution is 2.20. The number of aliphatic hydroxyl groups excluding tert-OH is 1. The van der Waals surface area contributed by atoms with Crippen molar-refractivity contribution in [3.8, 4) is 0 Å². The summed E-state index contributed by atoms with van der Waals surface area (Å²) < 4.78 is 22.7. The standard InChI is InChI=1S/C8H14O3S/c9-6-3-5-8-4-1-2-7-12(8,10)11/h3,5,8-9H,1-2,4,6-7H2/b5-3-. The minimum atomic E-state index is -2.89. The van der Waals surface area contributed by atoms with Crippen molar-refractivity contribution in [1.29, 1.82) is 0 Å². The van der Waals surface area contributed by atoms with Gasteiger partial charge in [0.25, 0.3) is 0 Å². The van der Waals surface area contributed by atoms with E-state index in [1.807, 2.05) is 0 Å². The van der Waals surface area contributed by atoms with Gasteiger partial charge >= 0.3 is 0 Å². The average molecular weight is 190 g/mol. The number of hydrogen-bond acceptors (Lipinski definition) is 3. The van der Waals surface area contributed by atoms with Gasteiger partial charge in [0.2, 0.25) is 0 Å². The maximum Gasteiger partial charge on any atom is 0.156 e. The predicted octanol–water partition coefficient (Wildman–Crippen LogP) is 0.502. The lowest BCUT2D eigenvalue weighted by atomic mass is 10.2. The minimum Gasteiger partial charge on any atom is -0.392 e. The van der Waals surface area contributed by atoms with E-state index in [0.29, 0.717) is 12.2 Å². The summed E-state index contributed by atoms with van der Waals surface area (Å²) in [6, 6.07) is 0. The zero-order valence-corrected chi connectivity index (χ0v) is 7.76. The normalized spacial score (nSPS) is 29.2. The topological polar surface area (TPSA) is 54.4 Å². The Morgan fingerprint density at radius 2 is 2.17 bits per heavy atom. The molecule has 0 amide bonds. The molecule has 0 spiro atoms. The van der Waals surface area contributed by atoms with E-state index in [2.05, 4.69) is 0 Å². The van der Waals surface area contributed by atoms with Gasteiger partial charge in [-0.15, -0.1) is 0 Å². The van der Waals surface area contributed by atoms with E-state index < -0.39 is 9.84 Å². The fourth-order valence-corrected chi connectivity index (χ4v) is 3.19. The number of rotatable bonds is 2. The third-order valence-electron chi connectivity index (χ3n) is 2.08. The molecule has 0 aromatic heterocycles. The molecule has 0 aromatic carbocycles. The van der Waals surface area contributed by atoms with Gasteiger partial charge in [-0.1, -0.05) is 18.6 Å². The van der Waals surface area contributed by atoms with Crippen molar-refractivity contribution >= 4 is 9.84 Å². The summed E-state index contributed by atoms with van der Waals surface area (Å²) in [6.45, 7) is -0.0774. The Hall–Kier alpha value is -0.350. The summed E-state index contributed by atoms with van der Waals surface area (Å²) in [4.78, 5) is 0. The quantitative estimate of drug-likeness (QED) is 0.645. The smallest absolute Gasteiger partial charge is 0.156 e. The van der Waals surface area contributed by atoms with Gasteiger partial charge in [-0.3, -0.25) is 0 Å². The lowest BCUT2D eigenvalue weighted by molar-refractivity contribution is 0.342. The first-order chi connectivity index (χ1) is 5.67. The van der Waals surface area contributed by atoms with Crippen LogP contribution in [-0.4, -0.2) is 31.1 Å². The number of sulfone groups is 1. The Balaban J connectivity index is 2.67. The molecule has 0 aliphatic carbocycles. The van der Waals surface area contributed by atoms with Crippen molar-refractivity contribution in [2.24, 2.45) is 0 Å². The van der Waals surface area contributed by atoms with Crippen molar-refractivity contribution < 1.29 is 13.5 Å². The molecule has 0 saturated carbocycles. The molecule has 1 N–H and O–H groups in total. The molecule has 0 aromatic rings. The molecule has 70 valence electrons. The number of hydrogen-bond donors (Lipinski definition) is 1. The largest absolute Gasteiger partial charge is 0.392 e. The van der Waals surface area contributed by atoms with Gasteiger partial charge in [-0.05, 0) is 12.8 Å². The van der Waals surface area contributed by atoms with Crippen LogP contribution in [0.1, 0.15) is 19.3 Å². The van der Waals surface area contributed by atoms with Crippen molar-refractivity contribution in [2.45, 2.75) is 24.5 Å². The Morgan fingerprint density at radius 3 is 2.75 bits per heavy atom. The fraction of sp³-hybridized carbons (Fsp3) is 0.750. The molecular weight excluding hydrogens is 176 g/mol. The van der Waals surface area contributed by atoms with Gasteiger partial charge in [0.1, 0.15) is 0 Å². The molecule has 1 aliphatic heterocycles. The van der Waals surface area contributed by atoms with E-state index in [1.54, 1.807) is 6.08 Å². The highest BCUT2D eigenvalue weighted by molar-refractivity contribution is 7.92. The first kappa shape index (κ1) is 9.74. The van der Waals surface area contributed by atoms with E-state index in [-0.39, 0.29) is 11.9 Å². The van der Waals surface area contributed by atoms with Gasteiger partial charge in [-0.25, -0.2) is 8.42 Å². The Morgan fingerprint density at radius 1 is 1.42 bits per heavy atom. The Bertz CT molecular complexity index is 253. The lowest BCUT2D eigenvalue weighted by Crippen LogP contribution is -2.26. The van der Waals surface area contributed by atoms with E-state index >= 15 is 0 Å². The van der Waals surface area contributed by atoms with Crippen LogP contribution in [0.4, 0.5) is 0 Å². The second kappa shape index (κ2) is 4.05. The zero-order chi connectivity index (χ0) is 9.03. The van der Waals surface area contributed by atoms with Gasteiger partial charge in [0, 0.05) is 0 Å². The molecule has 1 rings (SSSR count). The third-order valence-corrected chi connectivity index (χ3v) is 4.26. The van der Waals surface area contributed by atoms with Crippen molar-refractivity contribution in [2.75, 3.05) is 12.4 Å². The van der Waals surface area contributed by atoms with Gasteiger partial charge < -0.3 is 5.11 Å². The minimum absolute atomic E-state index is 0.0774. The molecule has 4 heteroatoms. The van der Waals surface area contributed by atoms with E-state index in [0.717, 1.165) is 12.8 Å². The maximum absolute atomic E-state index is 11.4. The number of aliphatic hydroxyl groups is 1. The molecule has 1 atom stereocenters. The molecule has 1 aliphatic rings. The average Bonchev–Trinajstić information content (AvgIpc) is 2.02. The SMILES string of the molecule is O=S1(=O)CCCCC1/C=C\CO. The van der Waals surface area contributed by atoms with Crippen molar-refractivity contribution in [3.05, 3.63) is 12.2 Å². The highest BCUT2D eigenvalue weighted by atomic mass is 32.2. The molecule has 1 heterocycles.